The summed E-state index contributed by atoms with van der Waals surface area (Å²) in [6, 6.07) is 0. The van der Waals surface area contributed by atoms with Gasteiger partial charge in [-0.1, -0.05) is 238 Å². The van der Waals surface area contributed by atoms with Crippen LogP contribution in [-0.4, -0.2) is 37.2 Å². The number of carbonyl (C=O) groups excluding carboxylic acids is 3. The van der Waals surface area contributed by atoms with E-state index in [-0.39, 0.29) is 44.0 Å². The fourth-order valence-electron chi connectivity index (χ4n) is 7.24. The highest BCUT2D eigenvalue weighted by molar-refractivity contribution is 5.71. The molecule has 0 aliphatic rings. The van der Waals surface area contributed by atoms with Crippen LogP contribution in [0.15, 0.2) is 134 Å². The molecule has 394 valence electrons. The quantitative estimate of drug-likeness (QED) is 0.0262. The number of allylic oxidation sites excluding steroid dienone is 22. The van der Waals surface area contributed by atoms with E-state index in [0.29, 0.717) is 19.3 Å². The lowest BCUT2D eigenvalue weighted by Crippen LogP contribution is -2.30. The van der Waals surface area contributed by atoms with Gasteiger partial charge < -0.3 is 14.2 Å². The first kappa shape index (κ1) is 65.5. The van der Waals surface area contributed by atoms with Gasteiger partial charge in [-0.3, -0.25) is 14.4 Å². The Morgan fingerprint density at radius 1 is 0.300 bits per heavy atom. The summed E-state index contributed by atoms with van der Waals surface area (Å²) in [5, 5.41) is 0. The van der Waals surface area contributed by atoms with Gasteiger partial charge in [0.15, 0.2) is 6.10 Å². The molecule has 0 radical (unpaired) electrons. The van der Waals surface area contributed by atoms with Crippen molar-refractivity contribution in [2.45, 2.75) is 239 Å². The Labute approximate surface area is 430 Å². The Bertz CT molecular complexity index is 1530. The van der Waals surface area contributed by atoms with Crippen molar-refractivity contribution in [2.75, 3.05) is 13.2 Å². The van der Waals surface area contributed by atoms with E-state index in [1.807, 2.05) is 0 Å². The second kappa shape index (κ2) is 57.1. The minimum Gasteiger partial charge on any atom is -0.462 e. The van der Waals surface area contributed by atoms with Gasteiger partial charge in [0.1, 0.15) is 13.2 Å². The molecule has 1 atom stereocenters. The molecular weight excluding hydrogens is 865 g/mol. The number of esters is 3. The van der Waals surface area contributed by atoms with Gasteiger partial charge in [0.05, 0.1) is 0 Å². The average molecular weight is 968 g/mol. The third-order valence-corrected chi connectivity index (χ3v) is 11.4. The number of rotatable bonds is 49. The van der Waals surface area contributed by atoms with E-state index in [1.165, 1.54) is 70.6 Å². The summed E-state index contributed by atoms with van der Waals surface area (Å²) in [5.74, 6) is -1.02. The van der Waals surface area contributed by atoms with Crippen molar-refractivity contribution in [1.29, 1.82) is 0 Å². The Kier molecular flexibility index (Phi) is 53.5. The fraction of sp³-hybridized carbons (Fsp3) is 0.609. The number of carbonyl (C=O) groups is 3. The van der Waals surface area contributed by atoms with Gasteiger partial charge in [-0.25, -0.2) is 0 Å². The van der Waals surface area contributed by atoms with Crippen LogP contribution in [0.1, 0.15) is 233 Å². The van der Waals surface area contributed by atoms with Crippen LogP contribution in [0.5, 0.6) is 0 Å². The first-order valence-electron chi connectivity index (χ1n) is 28.2. The van der Waals surface area contributed by atoms with Crippen molar-refractivity contribution in [2.24, 2.45) is 0 Å². The molecule has 0 aliphatic carbocycles. The predicted octanol–water partition coefficient (Wildman–Crippen LogP) is 19.0. The molecule has 0 aromatic rings. The van der Waals surface area contributed by atoms with Gasteiger partial charge in [0, 0.05) is 19.3 Å². The third-order valence-electron chi connectivity index (χ3n) is 11.4. The Morgan fingerprint density at radius 2 is 0.571 bits per heavy atom. The molecule has 0 heterocycles. The summed E-state index contributed by atoms with van der Waals surface area (Å²) in [7, 11) is 0. The standard InChI is InChI=1S/C64H102O6/c1-4-7-10-13-16-19-22-25-28-29-30-31-32-33-34-35-37-39-42-45-48-51-54-57-63(66)69-60-61(59-68-62(65)56-53-50-47-44-41-38-27-24-21-18-15-12-9-6-3)70-64(67)58-55-52-49-46-43-40-36-26-23-20-17-14-11-8-5-2/h7-8,10-11,16-17,19-20,25-26,28,30-31,33-34,36-37,39,43,45-46,48,61H,4-6,9,12-15,18,21-24,27,29,32,35,38,40-42,44,47,49-60H2,1-3H3/b10-7-,11-8-,19-16-,20-17-,28-25-,31-30-,34-33-,36-26-,39-37-,46-43-,48-45-. The molecule has 1 unspecified atom stereocenters. The maximum atomic E-state index is 12.8. The SMILES string of the molecule is CC/C=C\C/C=C\C/C=C\C/C=C\C/C=C\C/C=C\C/C=C\CCCC(=O)OCC(COC(=O)CCCCCCCCCCCCCCCC)OC(=O)CCCC/C=C\C/C=C\C/C=C\C/C=C\CC. The van der Waals surface area contributed by atoms with E-state index in [1.54, 1.807) is 0 Å². The summed E-state index contributed by atoms with van der Waals surface area (Å²) >= 11 is 0. The Balaban J connectivity index is 4.53. The molecule has 0 saturated carbocycles. The summed E-state index contributed by atoms with van der Waals surface area (Å²) in [5.41, 5.74) is 0. The average Bonchev–Trinajstić information content (AvgIpc) is 3.36. The molecule has 0 N–H and O–H groups in total. The van der Waals surface area contributed by atoms with Gasteiger partial charge >= 0.3 is 17.9 Å². The monoisotopic (exact) mass is 967 g/mol. The number of hydrogen-bond donors (Lipinski definition) is 0. The van der Waals surface area contributed by atoms with E-state index in [2.05, 4.69) is 154 Å². The minimum absolute atomic E-state index is 0.115. The second-order valence-electron chi connectivity index (χ2n) is 18.1. The molecule has 0 bridgehead atoms. The maximum Gasteiger partial charge on any atom is 0.306 e. The number of ether oxygens (including phenoxy) is 3. The van der Waals surface area contributed by atoms with Crippen LogP contribution in [0.25, 0.3) is 0 Å². The van der Waals surface area contributed by atoms with Gasteiger partial charge in [0.2, 0.25) is 0 Å². The molecule has 0 aliphatic heterocycles. The summed E-state index contributed by atoms with van der Waals surface area (Å²) in [6.45, 7) is 6.32. The largest absolute Gasteiger partial charge is 0.462 e. The zero-order valence-electron chi connectivity index (χ0n) is 45.0. The topological polar surface area (TPSA) is 78.9 Å². The molecule has 0 fully saturated rings. The van der Waals surface area contributed by atoms with E-state index < -0.39 is 6.10 Å². The van der Waals surface area contributed by atoms with Crippen LogP contribution in [0.4, 0.5) is 0 Å². The lowest BCUT2D eigenvalue weighted by Gasteiger charge is -2.18. The zero-order valence-corrected chi connectivity index (χ0v) is 45.0. The molecule has 0 aromatic carbocycles. The van der Waals surface area contributed by atoms with Crippen LogP contribution in [0.3, 0.4) is 0 Å². The zero-order chi connectivity index (χ0) is 50.7. The van der Waals surface area contributed by atoms with E-state index >= 15 is 0 Å². The number of unbranched alkanes of at least 4 members (excludes halogenated alkanes) is 16. The van der Waals surface area contributed by atoms with Crippen molar-refractivity contribution >= 4 is 17.9 Å². The highest BCUT2D eigenvalue weighted by Crippen LogP contribution is 2.14. The van der Waals surface area contributed by atoms with Crippen molar-refractivity contribution in [3.63, 3.8) is 0 Å². The molecule has 0 saturated heterocycles. The highest BCUT2D eigenvalue weighted by Gasteiger charge is 2.19. The molecule has 0 rings (SSSR count). The van der Waals surface area contributed by atoms with Gasteiger partial charge in [0.25, 0.3) is 0 Å². The first-order valence-corrected chi connectivity index (χ1v) is 28.2. The Hall–Kier alpha value is -4.45. The van der Waals surface area contributed by atoms with Crippen molar-refractivity contribution in [3.05, 3.63) is 134 Å². The smallest absolute Gasteiger partial charge is 0.306 e. The van der Waals surface area contributed by atoms with E-state index in [0.717, 1.165) is 109 Å². The highest BCUT2D eigenvalue weighted by atomic mass is 16.6. The van der Waals surface area contributed by atoms with Crippen molar-refractivity contribution < 1.29 is 28.6 Å². The van der Waals surface area contributed by atoms with Gasteiger partial charge in [-0.2, -0.15) is 0 Å². The fourth-order valence-corrected chi connectivity index (χ4v) is 7.24. The van der Waals surface area contributed by atoms with Crippen LogP contribution in [0, 0.1) is 0 Å². The van der Waals surface area contributed by atoms with Crippen LogP contribution in [-0.2, 0) is 28.6 Å². The summed E-state index contributed by atoms with van der Waals surface area (Å²) < 4.78 is 16.8. The van der Waals surface area contributed by atoms with E-state index in [4.69, 9.17) is 14.2 Å². The summed E-state index contributed by atoms with van der Waals surface area (Å²) in [4.78, 5) is 38.1. The lowest BCUT2D eigenvalue weighted by molar-refractivity contribution is -0.167. The molecule has 6 heteroatoms. The molecule has 6 nitrogen and oxygen atoms in total. The van der Waals surface area contributed by atoms with Gasteiger partial charge in [-0.05, 0) is 109 Å². The summed E-state index contributed by atoms with van der Waals surface area (Å²) in [6.07, 6.45) is 80.2. The molecule has 70 heavy (non-hydrogen) atoms. The normalized spacial score (nSPS) is 13.1. The van der Waals surface area contributed by atoms with Gasteiger partial charge in [-0.15, -0.1) is 0 Å². The van der Waals surface area contributed by atoms with Crippen LogP contribution < -0.4 is 0 Å². The second-order valence-corrected chi connectivity index (χ2v) is 18.1. The molecule has 0 spiro atoms. The maximum absolute atomic E-state index is 12.8. The minimum atomic E-state index is -0.827. The molecular formula is C64H102O6. The Morgan fingerprint density at radius 3 is 0.929 bits per heavy atom. The van der Waals surface area contributed by atoms with Crippen LogP contribution >= 0.6 is 0 Å². The molecule has 0 amide bonds. The first-order chi connectivity index (χ1) is 34.5. The third kappa shape index (κ3) is 54.5. The number of hydrogen-bond acceptors (Lipinski definition) is 6. The molecule has 0 aromatic heterocycles. The lowest BCUT2D eigenvalue weighted by atomic mass is 10.0. The van der Waals surface area contributed by atoms with E-state index in [9.17, 15) is 14.4 Å². The van der Waals surface area contributed by atoms with Crippen molar-refractivity contribution in [3.8, 4) is 0 Å². The van der Waals surface area contributed by atoms with Crippen LogP contribution in [0.2, 0.25) is 0 Å². The predicted molar refractivity (Wildman–Crippen MR) is 302 cm³/mol. The van der Waals surface area contributed by atoms with Crippen molar-refractivity contribution in [1.82, 2.24) is 0 Å².